The molecule has 1 aromatic rings. The van der Waals surface area contributed by atoms with Crippen LogP contribution in [0.1, 0.15) is 24.8 Å². The molecule has 0 atom stereocenters. The lowest BCUT2D eigenvalue weighted by Crippen LogP contribution is -2.55. The Morgan fingerprint density at radius 3 is 2.55 bits per heavy atom. The van der Waals surface area contributed by atoms with Crippen LogP contribution in [0.15, 0.2) is 18.2 Å². The van der Waals surface area contributed by atoms with Gasteiger partial charge in [0.2, 0.25) is 5.91 Å². The van der Waals surface area contributed by atoms with Gasteiger partial charge in [0.05, 0.1) is 20.6 Å². The number of methoxy groups -OCH3 is 2. The molecule has 0 aromatic heterocycles. The molecule has 0 unspecified atom stereocenters. The minimum atomic E-state index is -0.187. The van der Waals surface area contributed by atoms with E-state index in [2.05, 4.69) is 5.32 Å². The molecule has 2 rings (SSSR count). The van der Waals surface area contributed by atoms with Gasteiger partial charge in [0.15, 0.2) is 11.5 Å². The summed E-state index contributed by atoms with van der Waals surface area (Å²) < 4.78 is 10.4. The molecule has 1 aliphatic carbocycles. The molecule has 0 bridgehead atoms. The molecular formula is C15H22N2O3. The summed E-state index contributed by atoms with van der Waals surface area (Å²) in [5.74, 6) is 1.27. The van der Waals surface area contributed by atoms with Gasteiger partial charge in [-0.05, 0) is 37.0 Å². The van der Waals surface area contributed by atoms with E-state index in [4.69, 9.17) is 15.2 Å². The first kappa shape index (κ1) is 14.7. The Kier molecular flexibility index (Phi) is 4.49. The third-order valence-electron chi connectivity index (χ3n) is 3.80. The maximum atomic E-state index is 11.9. The molecule has 5 nitrogen and oxygen atoms in total. The molecular weight excluding hydrogens is 256 g/mol. The fourth-order valence-electron chi connectivity index (χ4n) is 2.32. The summed E-state index contributed by atoms with van der Waals surface area (Å²) in [4.78, 5) is 11.9. The van der Waals surface area contributed by atoms with Crippen molar-refractivity contribution >= 4 is 5.91 Å². The van der Waals surface area contributed by atoms with Crippen LogP contribution in [0.4, 0.5) is 0 Å². The van der Waals surface area contributed by atoms with E-state index in [-0.39, 0.29) is 11.4 Å². The molecule has 0 spiro atoms. The standard InChI is InChI=1S/C15H22N2O3/c1-19-12-5-4-11(8-13(12)20-2)9-14(18)17-10-15(16)6-3-7-15/h4-5,8H,3,6-7,9-10,16H2,1-2H3,(H,17,18). The molecule has 1 amide bonds. The van der Waals surface area contributed by atoms with E-state index in [1.54, 1.807) is 20.3 Å². The van der Waals surface area contributed by atoms with Gasteiger partial charge >= 0.3 is 0 Å². The second kappa shape index (κ2) is 6.13. The molecule has 0 aliphatic heterocycles. The zero-order chi connectivity index (χ0) is 14.6. The van der Waals surface area contributed by atoms with Crippen molar-refractivity contribution in [3.8, 4) is 11.5 Å². The number of carbonyl (C=O) groups excluding carboxylic acids is 1. The van der Waals surface area contributed by atoms with Crippen LogP contribution in [-0.4, -0.2) is 32.2 Å². The first-order valence-electron chi connectivity index (χ1n) is 6.83. The first-order chi connectivity index (χ1) is 9.56. The molecule has 1 saturated carbocycles. The minimum absolute atomic E-state index is 0.0195. The fraction of sp³-hybridized carbons (Fsp3) is 0.533. The third-order valence-corrected chi connectivity index (χ3v) is 3.80. The normalized spacial score (nSPS) is 16.1. The van der Waals surface area contributed by atoms with Crippen LogP contribution >= 0.6 is 0 Å². The zero-order valence-corrected chi connectivity index (χ0v) is 12.1. The van der Waals surface area contributed by atoms with Gasteiger partial charge in [0.25, 0.3) is 0 Å². The number of rotatable bonds is 6. The van der Waals surface area contributed by atoms with E-state index in [1.807, 2.05) is 12.1 Å². The molecule has 3 N–H and O–H groups in total. The summed E-state index contributed by atoms with van der Waals surface area (Å²) in [6.07, 6.45) is 3.45. The zero-order valence-electron chi connectivity index (χ0n) is 12.1. The van der Waals surface area contributed by atoms with E-state index >= 15 is 0 Å². The summed E-state index contributed by atoms with van der Waals surface area (Å²) in [5.41, 5.74) is 6.78. The average Bonchev–Trinajstić information content (AvgIpc) is 2.43. The maximum Gasteiger partial charge on any atom is 0.224 e. The fourth-order valence-corrected chi connectivity index (χ4v) is 2.32. The molecule has 5 heteroatoms. The molecule has 1 aromatic carbocycles. The van der Waals surface area contributed by atoms with Crippen molar-refractivity contribution in [1.82, 2.24) is 5.32 Å². The summed E-state index contributed by atoms with van der Waals surface area (Å²) in [7, 11) is 3.17. The van der Waals surface area contributed by atoms with E-state index in [0.717, 1.165) is 24.8 Å². The number of hydrogen-bond acceptors (Lipinski definition) is 4. The van der Waals surface area contributed by atoms with Gasteiger partial charge in [-0.15, -0.1) is 0 Å². The predicted octanol–water partition coefficient (Wildman–Crippen LogP) is 1.24. The second-order valence-electron chi connectivity index (χ2n) is 5.36. The lowest BCUT2D eigenvalue weighted by Gasteiger charge is -2.38. The summed E-state index contributed by atoms with van der Waals surface area (Å²) in [5, 5.41) is 2.90. The van der Waals surface area contributed by atoms with Gasteiger partial charge in [-0.2, -0.15) is 0 Å². The van der Waals surface area contributed by atoms with Gasteiger partial charge in [-0.1, -0.05) is 6.07 Å². The first-order valence-corrected chi connectivity index (χ1v) is 6.83. The number of ether oxygens (including phenoxy) is 2. The van der Waals surface area contributed by atoms with Gasteiger partial charge in [-0.25, -0.2) is 0 Å². The van der Waals surface area contributed by atoms with Crippen LogP contribution in [0, 0.1) is 0 Å². The Hall–Kier alpha value is -1.75. The second-order valence-corrected chi connectivity index (χ2v) is 5.36. The Labute approximate surface area is 119 Å². The summed E-state index contributed by atoms with van der Waals surface area (Å²) >= 11 is 0. The van der Waals surface area contributed by atoms with Gasteiger partial charge in [-0.3, -0.25) is 4.79 Å². The number of carbonyl (C=O) groups is 1. The SMILES string of the molecule is COc1ccc(CC(=O)NCC2(N)CCC2)cc1OC. The van der Waals surface area contributed by atoms with Crippen LogP contribution in [-0.2, 0) is 11.2 Å². The number of benzene rings is 1. The van der Waals surface area contributed by atoms with Crippen LogP contribution in [0.5, 0.6) is 11.5 Å². The van der Waals surface area contributed by atoms with E-state index in [9.17, 15) is 4.79 Å². The predicted molar refractivity (Wildman–Crippen MR) is 77.0 cm³/mol. The number of amides is 1. The van der Waals surface area contributed by atoms with Crippen LogP contribution in [0.3, 0.4) is 0 Å². The highest BCUT2D eigenvalue weighted by atomic mass is 16.5. The lowest BCUT2D eigenvalue weighted by atomic mass is 9.78. The van der Waals surface area contributed by atoms with E-state index in [0.29, 0.717) is 24.5 Å². The Morgan fingerprint density at radius 1 is 1.30 bits per heavy atom. The summed E-state index contributed by atoms with van der Waals surface area (Å²) in [6, 6.07) is 5.49. The third kappa shape index (κ3) is 3.42. The molecule has 1 aliphatic rings. The molecule has 20 heavy (non-hydrogen) atoms. The largest absolute Gasteiger partial charge is 0.493 e. The molecule has 0 saturated heterocycles. The summed E-state index contributed by atoms with van der Waals surface area (Å²) in [6.45, 7) is 0.555. The van der Waals surface area contributed by atoms with E-state index in [1.165, 1.54) is 0 Å². The van der Waals surface area contributed by atoms with Crippen molar-refractivity contribution in [1.29, 1.82) is 0 Å². The van der Waals surface area contributed by atoms with Crippen LogP contribution < -0.4 is 20.5 Å². The monoisotopic (exact) mass is 278 g/mol. The van der Waals surface area contributed by atoms with Crippen molar-refractivity contribution in [3.63, 3.8) is 0 Å². The Bertz CT molecular complexity index is 484. The molecule has 0 heterocycles. The molecule has 1 fully saturated rings. The van der Waals surface area contributed by atoms with Crippen LogP contribution in [0.2, 0.25) is 0 Å². The highest BCUT2D eigenvalue weighted by molar-refractivity contribution is 5.78. The van der Waals surface area contributed by atoms with Crippen molar-refractivity contribution in [2.75, 3.05) is 20.8 Å². The average molecular weight is 278 g/mol. The van der Waals surface area contributed by atoms with Gasteiger partial charge in [0, 0.05) is 12.1 Å². The quantitative estimate of drug-likeness (QED) is 0.821. The van der Waals surface area contributed by atoms with Crippen molar-refractivity contribution in [3.05, 3.63) is 23.8 Å². The van der Waals surface area contributed by atoms with Crippen molar-refractivity contribution in [2.45, 2.75) is 31.2 Å². The highest BCUT2D eigenvalue weighted by Gasteiger charge is 2.32. The lowest BCUT2D eigenvalue weighted by molar-refractivity contribution is -0.120. The number of nitrogens with two attached hydrogens (primary N) is 1. The van der Waals surface area contributed by atoms with Gasteiger partial charge in [0.1, 0.15) is 0 Å². The maximum absolute atomic E-state index is 11.9. The van der Waals surface area contributed by atoms with Crippen LogP contribution in [0.25, 0.3) is 0 Å². The molecule has 110 valence electrons. The van der Waals surface area contributed by atoms with Crippen molar-refractivity contribution < 1.29 is 14.3 Å². The number of nitrogens with one attached hydrogen (secondary N) is 1. The Morgan fingerprint density at radius 2 is 2.00 bits per heavy atom. The number of hydrogen-bond donors (Lipinski definition) is 2. The molecule has 0 radical (unpaired) electrons. The topological polar surface area (TPSA) is 73.6 Å². The minimum Gasteiger partial charge on any atom is -0.493 e. The van der Waals surface area contributed by atoms with Gasteiger partial charge < -0.3 is 20.5 Å². The Balaban J connectivity index is 1.90. The van der Waals surface area contributed by atoms with Crippen molar-refractivity contribution in [2.24, 2.45) is 5.73 Å². The smallest absolute Gasteiger partial charge is 0.224 e. The highest BCUT2D eigenvalue weighted by Crippen LogP contribution is 2.29. The van der Waals surface area contributed by atoms with E-state index < -0.39 is 0 Å².